The number of rotatable bonds is 5. The van der Waals surface area contributed by atoms with Crippen LogP contribution in [0.2, 0.25) is 0 Å². The number of nitrogens with zero attached hydrogens (tertiary/aromatic N) is 1. The van der Waals surface area contributed by atoms with E-state index in [4.69, 9.17) is 4.74 Å². The molecule has 0 heterocycles. The monoisotopic (exact) mass is 396 g/mol. The van der Waals surface area contributed by atoms with Crippen LogP contribution < -0.4 is 10.1 Å². The molecule has 0 aromatic heterocycles. The fourth-order valence-corrected chi connectivity index (χ4v) is 2.64. The van der Waals surface area contributed by atoms with Gasteiger partial charge in [-0.25, -0.2) is 4.79 Å². The summed E-state index contributed by atoms with van der Waals surface area (Å²) in [6, 6.07) is 22.9. The first-order valence-corrected chi connectivity index (χ1v) is 9.33. The molecule has 5 nitrogen and oxygen atoms in total. The maximum Gasteiger partial charge on any atom is 0.343 e. The second-order valence-corrected chi connectivity index (χ2v) is 6.81. The molecule has 0 aliphatic heterocycles. The standard InChI is InChI=1S/C25H20N2O3/c1-17-3-9-20(10-4-17)25(29)30-23-13-7-19(8-14-23)15-21(16-26)24(28)27-22-11-5-18(2)6-12-22/h3-15H,1-2H3,(H,27,28)/b21-15+. The maximum atomic E-state index is 12.4. The van der Waals surface area contributed by atoms with Gasteiger partial charge < -0.3 is 10.1 Å². The van der Waals surface area contributed by atoms with E-state index in [2.05, 4.69) is 5.32 Å². The zero-order valence-electron chi connectivity index (χ0n) is 16.7. The molecule has 0 radical (unpaired) electrons. The Morgan fingerprint density at radius 1 is 0.867 bits per heavy atom. The molecule has 1 N–H and O–H groups in total. The number of benzene rings is 3. The molecule has 0 atom stereocenters. The predicted octanol–water partition coefficient (Wildman–Crippen LogP) is 5.07. The number of esters is 1. The number of nitriles is 1. The second-order valence-electron chi connectivity index (χ2n) is 6.81. The summed E-state index contributed by atoms with van der Waals surface area (Å²) in [6.45, 7) is 3.89. The minimum Gasteiger partial charge on any atom is -0.423 e. The highest BCUT2D eigenvalue weighted by atomic mass is 16.5. The highest BCUT2D eigenvalue weighted by molar-refractivity contribution is 6.09. The quantitative estimate of drug-likeness (QED) is 0.283. The zero-order chi connectivity index (χ0) is 21.5. The molecule has 0 spiro atoms. The first kappa shape index (κ1) is 20.6. The third-order valence-electron chi connectivity index (χ3n) is 4.36. The molecule has 3 aromatic carbocycles. The number of amides is 1. The normalized spacial score (nSPS) is 10.8. The minimum atomic E-state index is -0.490. The van der Waals surface area contributed by atoms with Crippen LogP contribution >= 0.6 is 0 Å². The highest BCUT2D eigenvalue weighted by Gasteiger charge is 2.11. The Balaban J connectivity index is 1.67. The van der Waals surface area contributed by atoms with Crippen LogP contribution in [0.1, 0.15) is 27.0 Å². The summed E-state index contributed by atoms with van der Waals surface area (Å²) in [5, 5.41) is 12.1. The van der Waals surface area contributed by atoms with Gasteiger partial charge in [0.2, 0.25) is 0 Å². The van der Waals surface area contributed by atoms with Crippen molar-refractivity contribution in [2.75, 3.05) is 5.32 Å². The number of ether oxygens (including phenoxy) is 1. The molecule has 0 unspecified atom stereocenters. The Morgan fingerprint density at radius 3 is 2.00 bits per heavy atom. The van der Waals surface area contributed by atoms with E-state index in [1.54, 1.807) is 48.5 Å². The van der Waals surface area contributed by atoms with Crippen LogP contribution in [0, 0.1) is 25.2 Å². The number of hydrogen-bond donors (Lipinski definition) is 1. The first-order chi connectivity index (χ1) is 14.4. The molecule has 0 aliphatic carbocycles. The van der Waals surface area contributed by atoms with Gasteiger partial charge in [-0.3, -0.25) is 4.79 Å². The molecular weight excluding hydrogens is 376 g/mol. The van der Waals surface area contributed by atoms with Crippen LogP contribution in [0.25, 0.3) is 6.08 Å². The Hall–Kier alpha value is -4.17. The van der Waals surface area contributed by atoms with Gasteiger partial charge in [0.1, 0.15) is 17.4 Å². The van der Waals surface area contributed by atoms with Crippen molar-refractivity contribution in [3.05, 3.63) is 101 Å². The van der Waals surface area contributed by atoms with Crippen molar-refractivity contribution in [3.63, 3.8) is 0 Å². The van der Waals surface area contributed by atoms with Crippen molar-refractivity contribution in [3.8, 4) is 11.8 Å². The van der Waals surface area contributed by atoms with Gasteiger partial charge in [0, 0.05) is 5.69 Å². The lowest BCUT2D eigenvalue weighted by Crippen LogP contribution is -2.13. The van der Waals surface area contributed by atoms with E-state index < -0.39 is 11.9 Å². The Kier molecular flexibility index (Phi) is 6.41. The van der Waals surface area contributed by atoms with Crippen LogP contribution in [0.4, 0.5) is 5.69 Å². The summed E-state index contributed by atoms with van der Waals surface area (Å²) in [6.07, 6.45) is 1.48. The van der Waals surface area contributed by atoms with Gasteiger partial charge >= 0.3 is 5.97 Å². The van der Waals surface area contributed by atoms with E-state index in [9.17, 15) is 14.9 Å². The number of aryl methyl sites for hydroxylation is 2. The molecule has 0 fully saturated rings. The third kappa shape index (κ3) is 5.43. The topological polar surface area (TPSA) is 79.2 Å². The molecule has 0 saturated carbocycles. The van der Waals surface area contributed by atoms with Gasteiger partial charge in [-0.1, -0.05) is 47.5 Å². The van der Waals surface area contributed by atoms with Crippen LogP contribution in [-0.4, -0.2) is 11.9 Å². The lowest BCUT2D eigenvalue weighted by molar-refractivity contribution is -0.112. The average Bonchev–Trinajstić information content (AvgIpc) is 2.75. The molecule has 5 heteroatoms. The summed E-state index contributed by atoms with van der Waals surface area (Å²) < 4.78 is 5.36. The molecule has 0 saturated heterocycles. The SMILES string of the molecule is Cc1ccc(NC(=O)/C(C#N)=C/c2ccc(OC(=O)c3ccc(C)cc3)cc2)cc1. The number of carbonyl (C=O) groups is 2. The average molecular weight is 396 g/mol. The summed E-state index contributed by atoms with van der Waals surface area (Å²) in [4.78, 5) is 24.5. The van der Waals surface area contributed by atoms with E-state index in [0.29, 0.717) is 22.6 Å². The fourth-order valence-electron chi connectivity index (χ4n) is 2.64. The minimum absolute atomic E-state index is 0.0278. The fraction of sp³-hybridized carbons (Fsp3) is 0.0800. The Bertz CT molecular complexity index is 1120. The van der Waals surface area contributed by atoms with E-state index in [1.807, 2.05) is 44.2 Å². The number of carbonyl (C=O) groups excluding carboxylic acids is 2. The van der Waals surface area contributed by atoms with Gasteiger partial charge in [-0.2, -0.15) is 5.26 Å². The molecule has 0 aliphatic rings. The molecule has 30 heavy (non-hydrogen) atoms. The van der Waals surface area contributed by atoms with Crippen molar-refractivity contribution < 1.29 is 14.3 Å². The highest BCUT2D eigenvalue weighted by Crippen LogP contribution is 2.17. The van der Waals surface area contributed by atoms with Gasteiger partial charge in [0.05, 0.1) is 5.56 Å². The summed E-state index contributed by atoms with van der Waals surface area (Å²) >= 11 is 0. The summed E-state index contributed by atoms with van der Waals surface area (Å²) in [5.74, 6) is -0.565. The lowest BCUT2D eigenvalue weighted by atomic mass is 10.1. The Labute approximate surface area is 175 Å². The van der Waals surface area contributed by atoms with Crippen LogP contribution in [0.5, 0.6) is 5.75 Å². The van der Waals surface area contributed by atoms with E-state index in [-0.39, 0.29) is 5.57 Å². The van der Waals surface area contributed by atoms with Gasteiger partial charge in [-0.15, -0.1) is 0 Å². The predicted molar refractivity (Wildman–Crippen MR) is 116 cm³/mol. The maximum absolute atomic E-state index is 12.4. The first-order valence-electron chi connectivity index (χ1n) is 9.33. The van der Waals surface area contributed by atoms with Crippen molar-refractivity contribution in [2.45, 2.75) is 13.8 Å². The van der Waals surface area contributed by atoms with E-state index in [0.717, 1.165) is 11.1 Å². The Morgan fingerprint density at radius 2 is 1.43 bits per heavy atom. The smallest absolute Gasteiger partial charge is 0.343 e. The van der Waals surface area contributed by atoms with Crippen LogP contribution in [-0.2, 0) is 4.79 Å². The van der Waals surface area contributed by atoms with Crippen molar-refractivity contribution in [1.29, 1.82) is 5.26 Å². The molecule has 148 valence electrons. The number of nitrogens with one attached hydrogen (secondary N) is 1. The molecule has 3 aromatic rings. The van der Waals surface area contributed by atoms with E-state index in [1.165, 1.54) is 6.08 Å². The molecule has 0 bridgehead atoms. The lowest BCUT2D eigenvalue weighted by Gasteiger charge is -2.06. The summed E-state index contributed by atoms with van der Waals surface area (Å²) in [5.41, 5.74) is 3.82. The molecule has 3 rings (SSSR count). The third-order valence-corrected chi connectivity index (χ3v) is 4.36. The van der Waals surface area contributed by atoms with Gasteiger partial charge in [-0.05, 0) is 61.9 Å². The van der Waals surface area contributed by atoms with Gasteiger partial charge in [0.15, 0.2) is 0 Å². The van der Waals surface area contributed by atoms with Crippen molar-refractivity contribution in [1.82, 2.24) is 0 Å². The number of anilines is 1. The van der Waals surface area contributed by atoms with Crippen molar-refractivity contribution >= 4 is 23.6 Å². The van der Waals surface area contributed by atoms with Crippen LogP contribution in [0.3, 0.4) is 0 Å². The number of hydrogen-bond acceptors (Lipinski definition) is 4. The van der Waals surface area contributed by atoms with Crippen molar-refractivity contribution in [2.24, 2.45) is 0 Å². The van der Waals surface area contributed by atoms with Crippen LogP contribution in [0.15, 0.2) is 78.4 Å². The largest absolute Gasteiger partial charge is 0.423 e. The van der Waals surface area contributed by atoms with Gasteiger partial charge in [0.25, 0.3) is 5.91 Å². The zero-order valence-corrected chi connectivity index (χ0v) is 16.7. The molecule has 1 amide bonds. The van der Waals surface area contributed by atoms with E-state index >= 15 is 0 Å². The molecular formula is C25H20N2O3. The summed E-state index contributed by atoms with van der Waals surface area (Å²) in [7, 11) is 0. The second kappa shape index (κ2) is 9.35.